The second-order valence-electron chi connectivity index (χ2n) is 1.43. The molecule has 0 radical (unpaired) electrons. The van der Waals surface area contributed by atoms with Crippen molar-refractivity contribution in [1.82, 2.24) is 0 Å². The summed E-state index contributed by atoms with van der Waals surface area (Å²) in [5.41, 5.74) is 0. The fourth-order valence-electron chi connectivity index (χ4n) is 0.348. The Hall–Kier alpha value is 0.259. The van der Waals surface area contributed by atoms with E-state index in [9.17, 15) is 0 Å². The summed E-state index contributed by atoms with van der Waals surface area (Å²) in [5, 5.41) is 0. The maximum atomic E-state index is 3.60. The first kappa shape index (κ1) is 10.3. The summed E-state index contributed by atoms with van der Waals surface area (Å²) in [4.78, 5) is 0. The third kappa shape index (κ3) is 10.7. The van der Waals surface area contributed by atoms with Crippen LogP contribution in [0.1, 0.15) is 26.2 Å². The predicted octanol–water partition coefficient (Wildman–Crippen LogP) is 2.36. The topological polar surface area (TPSA) is 0 Å². The molecule has 0 spiro atoms. The van der Waals surface area contributed by atoms with Crippen molar-refractivity contribution in [2.24, 2.45) is 0 Å². The number of unbranched alkanes of at least 4 members (excludes halogenated alkanes) is 2. The zero-order valence-electron chi connectivity index (χ0n) is 4.76. The van der Waals surface area contributed by atoms with Gasteiger partial charge in [0.2, 0.25) is 0 Å². The molecule has 1 heteroatoms. The molecule has 0 aliphatic rings. The van der Waals surface area contributed by atoms with Crippen LogP contribution in [-0.4, -0.2) is 0 Å². The molecule has 0 aromatic rings. The Balaban J connectivity index is 0. The van der Waals surface area contributed by atoms with E-state index in [0.717, 1.165) is 0 Å². The number of allylic oxidation sites excluding steroid dienone is 1. The number of hydrogen-bond donors (Lipinski definition) is 0. The largest absolute Gasteiger partial charge is 2.00 e. The molecule has 42 valence electrons. The van der Waals surface area contributed by atoms with Crippen molar-refractivity contribution in [1.29, 1.82) is 0 Å². The normalized spacial score (nSPS) is 7.00. The standard InChI is InChI=1S/C6H12.Fe/c1-3-5-6-4-2;/h3H,1,4-6H2,2H3;/q;+2. The summed E-state index contributed by atoms with van der Waals surface area (Å²) in [6.45, 7) is 5.78. The monoisotopic (exact) mass is 140 g/mol. The van der Waals surface area contributed by atoms with Gasteiger partial charge in [-0.3, -0.25) is 0 Å². The smallest absolute Gasteiger partial charge is 0.103 e. The summed E-state index contributed by atoms with van der Waals surface area (Å²) >= 11 is 0. The van der Waals surface area contributed by atoms with Crippen LogP contribution in [0.5, 0.6) is 0 Å². The summed E-state index contributed by atoms with van der Waals surface area (Å²) < 4.78 is 0. The molecular formula is C6H12Fe+2. The maximum Gasteiger partial charge on any atom is 2.00 e. The fraction of sp³-hybridized carbons (Fsp3) is 0.667. The molecule has 0 aliphatic heterocycles. The number of rotatable bonds is 3. The zero-order valence-corrected chi connectivity index (χ0v) is 5.86. The van der Waals surface area contributed by atoms with Crippen LogP contribution in [0.3, 0.4) is 0 Å². The average Bonchev–Trinajstić information content (AvgIpc) is 1.61. The van der Waals surface area contributed by atoms with Crippen molar-refractivity contribution < 1.29 is 17.1 Å². The molecule has 0 aromatic carbocycles. The van der Waals surface area contributed by atoms with Crippen molar-refractivity contribution in [3.05, 3.63) is 12.7 Å². The van der Waals surface area contributed by atoms with Gasteiger partial charge in [-0.15, -0.1) is 6.58 Å². The van der Waals surface area contributed by atoms with Gasteiger partial charge in [0, 0.05) is 0 Å². The van der Waals surface area contributed by atoms with Crippen LogP contribution < -0.4 is 0 Å². The Morgan fingerprint density at radius 1 is 1.57 bits per heavy atom. The molecule has 7 heavy (non-hydrogen) atoms. The molecule has 0 heterocycles. The van der Waals surface area contributed by atoms with Crippen LogP contribution in [0, 0.1) is 0 Å². The molecule has 0 saturated heterocycles. The molecule has 0 atom stereocenters. The van der Waals surface area contributed by atoms with E-state index in [0.29, 0.717) is 0 Å². The van der Waals surface area contributed by atoms with Crippen LogP contribution in [0.25, 0.3) is 0 Å². The maximum absolute atomic E-state index is 3.60. The minimum Gasteiger partial charge on any atom is -0.103 e. The van der Waals surface area contributed by atoms with E-state index in [1.165, 1.54) is 19.3 Å². The summed E-state index contributed by atoms with van der Waals surface area (Å²) in [7, 11) is 0. The van der Waals surface area contributed by atoms with Gasteiger partial charge in [0.25, 0.3) is 0 Å². The number of hydrogen-bond acceptors (Lipinski definition) is 0. The van der Waals surface area contributed by atoms with Crippen molar-refractivity contribution in [3.8, 4) is 0 Å². The fourth-order valence-corrected chi connectivity index (χ4v) is 0.348. The second kappa shape index (κ2) is 9.54. The van der Waals surface area contributed by atoms with Crippen molar-refractivity contribution >= 4 is 0 Å². The van der Waals surface area contributed by atoms with Gasteiger partial charge in [0.05, 0.1) is 0 Å². The van der Waals surface area contributed by atoms with E-state index in [1.54, 1.807) is 0 Å². The molecule has 0 aliphatic carbocycles. The van der Waals surface area contributed by atoms with Crippen LogP contribution in [0.2, 0.25) is 0 Å². The van der Waals surface area contributed by atoms with E-state index in [-0.39, 0.29) is 17.1 Å². The van der Waals surface area contributed by atoms with Gasteiger partial charge < -0.3 is 0 Å². The first-order valence-electron chi connectivity index (χ1n) is 2.52. The zero-order chi connectivity index (χ0) is 4.83. The van der Waals surface area contributed by atoms with Crippen molar-refractivity contribution in [2.45, 2.75) is 26.2 Å². The van der Waals surface area contributed by atoms with Gasteiger partial charge in [-0.2, -0.15) is 0 Å². The van der Waals surface area contributed by atoms with Gasteiger partial charge >= 0.3 is 17.1 Å². The molecule has 0 saturated carbocycles. The van der Waals surface area contributed by atoms with E-state index in [4.69, 9.17) is 0 Å². The van der Waals surface area contributed by atoms with Gasteiger partial charge in [-0.05, 0) is 6.42 Å². The van der Waals surface area contributed by atoms with E-state index in [2.05, 4.69) is 13.5 Å². The Morgan fingerprint density at radius 3 is 2.29 bits per heavy atom. The molecule has 0 N–H and O–H groups in total. The average molecular weight is 140 g/mol. The van der Waals surface area contributed by atoms with Gasteiger partial charge in [-0.25, -0.2) is 0 Å². The predicted molar refractivity (Wildman–Crippen MR) is 29.7 cm³/mol. The van der Waals surface area contributed by atoms with Crippen molar-refractivity contribution in [3.63, 3.8) is 0 Å². The van der Waals surface area contributed by atoms with E-state index < -0.39 is 0 Å². The SMILES string of the molecule is C=CCCCC.[Fe+2]. The van der Waals surface area contributed by atoms with Crippen LogP contribution in [0.4, 0.5) is 0 Å². The van der Waals surface area contributed by atoms with Gasteiger partial charge in [0.15, 0.2) is 0 Å². The molecule has 0 nitrogen and oxygen atoms in total. The Kier molecular flexibility index (Phi) is 14.0. The minimum absolute atomic E-state index is 0. The quantitative estimate of drug-likeness (QED) is 0.320. The van der Waals surface area contributed by atoms with Crippen molar-refractivity contribution in [2.75, 3.05) is 0 Å². The second-order valence-corrected chi connectivity index (χ2v) is 1.43. The van der Waals surface area contributed by atoms with Crippen LogP contribution >= 0.6 is 0 Å². The molecule has 0 amide bonds. The first-order chi connectivity index (χ1) is 2.91. The molecule has 0 unspecified atom stereocenters. The molecule has 0 rings (SSSR count). The molecule has 0 aromatic heterocycles. The summed E-state index contributed by atoms with van der Waals surface area (Å²) in [6.07, 6.45) is 5.72. The van der Waals surface area contributed by atoms with E-state index in [1.807, 2.05) is 6.08 Å². The van der Waals surface area contributed by atoms with Crippen LogP contribution in [0.15, 0.2) is 12.7 Å². The molecule has 0 bridgehead atoms. The molecule has 0 fully saturated rings. The third-order valence-corrected chi connectivity index (χ3v) is 0.762. The first-order valence-corrected chi connectivity index (χ1v) is 2.52. The molecular weight excluding hydrogens is 128 g/mol. The minimum atomic E-state index is 0. The Bertz CT molecular complexity index is 33.2. The Labute approximate surface area is 56.5 Å². The van der Waals surface area contributed by atoms with Gasteiger partial charge in [-0.1, -0.05) is 25.8 Å². The summed E-state index contributed by atoms with van der Waals surface area (Å²) in [5.74, 6) is 0. The Morgan fingerprint density at radius 2 is 2.14 bits per heavy atom. The van der Waals surface area contributed by atoms with Gasteiger partial charge in [0.1, 0.15) is 0 Å². The van der Waals surface area contributed by atoms with E-state index >= 15 is 0 Å². The summed E-state index contributed by atoms with van der Waals surface area (Å²) in [6, 6.07) is 0. The van der Waals surface area contributed by atoms with Crippen LogP contribution in [-0.2, 0) is 17.1 Å². The third-order valence-electron chi connectivity index (χ3n) is 0.762.